The monoisotopic (exact) mass is 342 g/mol. The van der Waals surface area contributed by atoms with Crippen LogP contribution in [0.25, 0.3) is 22.2 Å². The number of nitrogens with zero attached hydrogens (tertiary/aromatic N) is 3. The fraction of sp³-hybridized carbons (Fsp3) is 0.235. The van der Waals surface area contributed by atoms with E-state index in [0.717, 1.165) is 11.1 Å². The fourth-order valence-electron chi connectivity index (χ4n) is 2.74. The second-order valence-electron chi connectivity index (χ2n) is 5.59. The standard InChI is InChI=1S/C17H15ClN4O2/c18-13-3-1-11(2-4-13)12-9-14-15(19-10-12)20-17(21-16(14)23)22-5-7-24-8-6-22/h1-4,9-10H,5-8H2,(H,19,20,21,23). The minimum atomic E-state index is -0.190. The van der Waals surface area contributed by atoms with Crippen molar-refractivity contribution in [2.24, 2.45) is 0 Å². The molecule has 0 atom stereocenters. The third-order valence-corrected chi connectivity index (χ3v) is 4.29. The number of ether oxygens (including phenoxy) is 1. The number of pyridine rings is 1. The molecule has 4 rings (SSSR count). The van der Waals surface area contributed by atoms with Gasteiger partial charge < -0.3 is 9.64 Å². The average molecular weight is 343 g/mol. The molecule has 0 saturated carbocycles. The molecule has 0 radical (unpaired) electrons. The summed E-state index contributed by atoms with van der Waals surface area (Å²) < 4.78 is 5.33. The number of H-pyrrole nitrogens is 1. The number of fused-ring (bicyclic) bond motifs is 1. The van der Waals surface area contributed by atoms with Gasteiger partial charge in [-0.2, -0.15) is 4.98 Å². The lowest BCUT2D eigenvalue weighted by Crippen LogP contribution is -2.38. The van der Waals surface area contributed by atoms with E-state index in [0.29, 0.717) is 48.3 Å². The van der Waals surface area contributed by atoms with Crippen LogP contribution < -0.4 is 10.5 Å². The molecule has 122 valence electrons. The SMILES string of the molecule is O=c1[nH]c(N2CCOCC2)nc2ncc(-c3ccc(Cl)cc3)cc12. The van der Waals surface area contributed by atoms with Crippen LogP contribution in [0, 0.1) is 0 Å². The van der Waals surface area contributed by atoms with Crippen LogP contribution in [-0.4, -0.2) is 41.3 Å². The quantitative estimate of drug-likeness (QED) is 0.774. The van der Waals surface area contributed by atoms with Gasteiger partial charge in [0.2, 0.25) is 5.95 Å². The number of halogens is 1. The molecule has 0 unspecified atom stereocenters. The van der Waals surface area contributed by atoms with E-state index >= 15 is 0 Å². The van der Waals surface area contributed by atoms with Gasteiger partial charge in [0, 0.05) is 29.9 Å². The van der Waals surface area contributed by atoms with E-state index in [4.69, 9.17) is 16.3 Å². The van der Waals surface area contributed by atoms with Crippen molar-refractivity contribution < 1.29 is 4.74 Å². The largest absolute Gasteiger partial charge is 0.378 e. The molecule has 3 aromatic rings. The molecular formula is C17H15ClN4O2. The highest BCUT2D eigenvalue weighted by molar-refractivity contribution is 6.30. The number of aromatic nitrogens is 3. The molecule has 1 aliphatic heterocycles. The Morgan fingerprint density at radius 2 is 1.88 bits per heavy atom. The van der Waals surface area contributed by atoms with E-state index in [-0.39, 0.29) is 5.56 Å². The third kappa shape index (κ3) is 2.86. The number of nitrogens with one attached hydrogen (secondary N) is 1. The maximum atomic E-state index is 12.5. The summed E-state index contributed by atoms with van der Waals surface area (Å²) in [4.78, 5) is 26.2. The summed E-state index contributed by atoms with van der Waals surface area (Å²) in [6.45, 7) is 2.67. The molecule has 0 spiro atoms. The number of morpholine rings is 1. The molecular weight excluding hydrogens is 328 g/mol. The van der Waals surface area contributed by atoms with Crippen LogP contribution in [0.5, 0.6) is 0 Å². The second kappa shape index (κ2) is 6.22. The predicted molar refractivity (Wildman–Crippen MR) is 93.6 cm³/mol. The number of benzene rings is 1. The van der Waals surface area contributed by atoms with E-state index < -0.39 is 0 Å². The zero-order chi connectivity index (χ0) is 16.5. The molecule has 1 aliphatic rings. The van der Waals surface area contributed by atoms with E-state index in [1.54, 1.807) is 12.3 Å². The lowest BCUT2D eigenvalue weighted by Gasteiger charge is -2.27. The molecule has 7 heteroatoms. The fourth-order valence-corrected chi connectivity index (χ4v) is 2.86. The molecule has 1 aromatic carbocycles. The smallest absolute Gasteiger partial charge is 0.261 e. The van der Waals surface area contributed by atoms with Gasteiger partial charge in [0.1, 0.15) is 0 Å². The summed E-state index contributed by atoms with van der Waals surface area (Å²) >= 11 is 5.92. The minimum absolute atomic E-state index is 0.190. The van der Waals surface area contributed by atoms with Crippen molar-refractivity contribution >= 4 is 28.6 Å². The van der Waals surface area contributed by atoms with Gasteiger partial charge in [-0.3, -0.25) is 9.78 Å². The summed E-state index contributed by atoms with van der Waals surface area (Å²) in [7, 11) is 0. The van der Waals surface area contributed by atoms with Gasteiger partial charge in [0.15, 0.2) is 5.65 Å². The first kappa shape index (κ1) is 15.1. The molecule has 0 amide bonds. The maximum Gasteiger partial charge on any atom is 0.261 e. The van der Waals surface area contributed by atoms with Gasteiger partial charge in [-0.05, 0) is 23.8 Å². The third-order valence-electron chi connectivity index (χ3n) is 4.04. The molecule has 1 saturated heterocycles. The lowest BCUT2D eigenvalue weighted by molar-refractivity contribution is 0.122. The van der Waals surface area contributed by atoms with Crippen molar-refractivity contribution in [3.8, 4) is 11.1 Å². The van der Waals surface area contributed by atoms with Crippen molar-refractivity contribution in [2.45, 2.75) is 0 Å². The van der Waals surface area contributed by atoms with Crippen LogP contribution in [0.3, 0.4) is 0 Å². The summed E-state index contributed by atoms with van der Waals surface area (Å²) in [5.41, 5.74) is 2.05. The minimum Gasteiger partial charge on any atom is -0.378 e. The van der Waals surface area contributed by atoms with Gasteiger partial charge in [-0.25, -0.2) is 4.98 Å². The van der Waals surface area contributed by atoms with Gasteiger partial charge in [-0.15, -0.1) is 0 Å². The Kier molecular flexibility index (Phi) is 3.92. The lowest BCUT2D eigenvalue weighted by atomic mass is 10.1. The molecule has 2 aromatic heterocycles. The molecule has 24 heavy (non-hydrogen) atoms. The first-order chi connectivity index (χ1) is 11.7. The van der Waals surface area contributed by atoms with Crippen molar-refractivity contribution in [1.29, 1.82) is 0 Å². The van der Waals surface area contributed by atoms with Gasteiger partial charge >= 0.3 is 0 Å². The summed E-state index contributed by atoms with van der Waals surface area (Å²) in [6, 6.07) is 9.22. The number of anilines is 1. The topological polar surface area (TPSA) is 71.1 Å². The van der Waals surface area contributed by atoms with Crippen LogP contribution in [0.1, 0.15) is 0 Å². The molecule has 0 aliphatic carbocycles. The summed E-state index contributed by atoms with van der Waals surface area (Å²) in [6.07, 6.45) is 1.72. The first-order valence-corrected chi connectivity index (χ1v) is 8.07. The number of aromatic amines is 1. The van der Waals surface area contributed by atoms with E-state index in [9.17, 15) is 4.79 Å². The first-order valence-electron chi connectivity index (χ1n) is 7.69. The van der Waals surface area contributed by atoms with Crippen LogP contribution in [-0.2, 0) is 4.74 Å². The van der Waals surface area contributed by atoms with Gasteiger partial charge in [0.25, 0.3) is 5.56 Å². The van der Waals surface area contributed by atoms with Crippen molar-refractivity contribution in [1.82, 2.24) is 15.0 Å². The van der Waals surface area contributed by atoms with Crippen LogP contribution in [0.15, 0.2) is 41.3 Å². The van der Waals surface area contributed by atoms with E-state index in [2.05, 4.69) is 15.0 Å². The van der Waals surface area contributed by atoms with Crippen molar-refractivity contribution in [3.05, 3.63) is 51.9 Å². The Morgan fingerprint density at radius 3 is 2.62 bits per heavy atom. The predicted octanol–water partition coefficient (Wildman–Crippen LogP) is 2.48. The molecule has 0 bridgehead atoms. The van der Waals surface area contributed by atoms with Crippen LogP contribution >= 0.6 is 11.6 Å². The Bertz CT molecular complexity index is 933. The highest BCUT2D eigenvalue weighted by Crippen LogP contribution is 2.23. The Balaban J connectivity index is 1.76. The Labute approximate surface area is 143 Å². The molecule has 3 heterocycles. The molecule has 1 fully saturated rings. The van der Waals surface area contributed by atoms with E-state index in [1.165, 1.54) is 0 Å². The van der Waals surface area contributed by atoms with E-state index in [1.807, 2.05) is 29.2 Å². The van der Waals surface area contributed by atoms with Crippen molar-refractivity contribution in [3.63, 3.8) is 0 Å². The van der Waals surface area contributed by atoms with Gasteiger partial charge in [0.05, 0.1) is 18.6 Å². The maximum absolute atomic E-state index is 12.5. The zero-order valence-electron chi connectivity index (χ0n) is 12.8. The zero-order valence-corrected chi connectivity index (χ0v) is 13.6. The Hall–Kier alpha value is -2.44. The second-order valence-corrected chi connectivity index (χ2v) is 6.03. The van der Waals surface area contributed by atoms with Crippen molar-refractivity contribution in [2.75, 3.05) is 31.2 Å². The highest BCUT2D eigenvalue weighted by Gasteiger charge is 2.15. The van der Waals surface area contributed by atoms with Crippen LogP contribution in [0.4, 0.5) is 5.95 Å². The number of hydrogen-bond acceptors (Lipinski definition) is 5. The highest BCUT2D eigenvalue weighted by atomic mass is 35.5. The summed E-state index contributed by atoms with van der Waals surface area (Å²) in [5.74, 6) is 0.544. The number of rotatable bonds is 2. The Morgan fingerprint density at radius 1 is 1.12 bits per heavy atom. The molecule has 6 nitrogen and oxygen atoms in total. The summed E-state index contributed by atoms with van der Waals surface area (Å²) in [5, 5.41) is 1.14. The average Bonchev–Trinajstić information content (AvgIpc) is 2.63. The number of hydrogen-bond donors (Lipinski definition) is 1. The van der Waals surface area contributed by atoms with Gasteiger partial charge in [-0.1, -0.05) is 23.7 Å². The molecule has 1 N–H and O–H groups in total. The normalized spacial score (nSPS) is 15.0. The van der Waals surface area contributed by atoms with Crippen LogP contribution in [0.2, 0.25) is 5.02 Å².